The van der Waals surface area contributed by atoms with Gasteiger partial charge in [0.2, 0.25) is 15.9 Å². The average Bonchev–Trinajstić information content (AvgIpc) is 3.21. The Morgan fingerprint density at radius 3 is 2.31 bits per heavy atom. The van der Waals surface area contributed by atoms with Crippen LogP contribution in [0.1, 0.15) is 24.2 Å². The summed E-state index contributed by atoms with van der Waals surface area (Å²) in [7, 11) is -3.62. The zero-order valence-corrected chi connectivity index (χ0v) is 20.6. The summed E-state index contributed by atoms with van der Waals surface area (Å²) in [4.78, 5) is 13.4. The number of carbonyl (C=O) groups is 1. The molecule has 1 aliphatic heterocycles. The molecule has 35 heavy (non-hydrogen) atoms. The Morgan fingerprint density at radius 2 is 1.60 bits per heavy atom. The van der Waals surface area contributed by atoms with E-state index in [1.807, 2.05) is 79.2 Å². The molecule has 5 rings (SSSR count). The van der Waals surface area contributed by atoms with Crippen molar-refractivity contribution in [3.05, 3.63) is 84.2 Å². The fourth-order valence-electron chi connectivity index (χ4n) is 4.71. The number of rotatable bonds is 5. The highest BCUT2D eigenvalue weighted by Gasteiger charge is 2.32. The topological polar surface area (TPSA) is 84.3 Å². The SMILES string of the molecule is Cc1cc(C)n(-c2ccccc2NC(=O)C2CCN(S(=O)(=O)c3ccc4ccccc4c3)CC2)n1. The zero-order valence-electron chi connectivity index (χ0n) is 19.8. The number of aromatic nitrogens is 2. The molecule has 1 N–H and O–H groups in total. The van der Waals surface area contributed by atoms with Crippen molar-refractivity contribution in [3.8, 4) is 5.69 Å². The molecule has 0 radical (unpaired) electrons. The van der Waals surface area contributed by atoms with Gasteiger partial charge in [0.25, 0.3) is 0 Å². The molecule has 1 aromatic heterocycles. The summed E-state index contributed by atoms with van der Waals surface area (Å²) in [6.07, 6.45) is 0.946. The molecule has 2 heterocycles. The van der Waals surface area contributed by atoms with Gasteiger partial charge < -0.3 is 5.32 Å². The molecule has 1 amide bonds. The summed E-state index contributed by atoms with van der Waals surface area (Å²) < 4.78 is 29.8. The number of anilines is 1. The lowest BCUT2D eigenvalue weighted by Crippen LogP contribution is -2.41. The maximum Gasteiger partial charge on any atom is 0.243 e. The van der Waals surface area contributed by atoms with E-state index in [4.69, 9.17) is 0 Å². The number of sulfonamides is 1. The van der Waals surface area contributed by atoms with Crippen molar-refractivity contribution in [2.24, 2.45) is 5.92 Å². The number of benzene rings is 3. The normalized spacial score (nSPS) is 15.4. The minimum absolute atomic E-state index is 0.0956. The first kappa shape index (κ1) is 23.3. The van der Waals surface area contributed by atoms with Gasteiger partial charge in [0.05, 0.1) is 22.0 Å². The second-order valence-corrected chi connectivity index (χ2v) is 11.0. The number of amides is 1. The number of carbonyl (C=O) groups excluding carboxylic acids is 1. The Labute approximate surface area is 205 Å². The Bertz CT molecular complexity index is 1500. The predicted molar refractivity (Wildman–Crippen MR) is 137 cm³/mol. The summed E-state index contributed by atoms with van der Waals surface area (Å²) in [5.74, 6) is -0.353. The Morgan fingerprint density at radius 1 is 0.914 bits per heavy atom. The van der Waals surface area contributed by atoms with Gasteiger partial charge in [-0.2, -0.15) is 9.40 Å². The third kappa shape index (κ3) is 4.59. The van der Waals surface area contributed by atoms with E-state index in [1.54, 1.807) is 12.1 Å². The molecule has 0 unspecified atom stereocenters. The molecular weight excluding hydrogens is 460 g/mol. The number of piperidine rings is 1. The van der Waals surface area contributed by atoms with Gasteiger partial charge in [-0.3, -0.25) is 4.79 Å². The molecule has 0 spiro atoms. The lowest BCUT2D eigenvalue weighted by Gasteiger charge is -2.30. The quantitative estimate of drug-likeness (QED) is 0.442. The number of hydrogen-bond donors (Lipinski definition) is 1. The average molecular weight is 489 g/mol. The first-order valence-corrected chi connectivity index (χ1v) is 13.2. The van der Waals surface area contributed by atoms with Crippen LogP contribution in [-0.2, 0) is 14.8 Å². The number of nitrogens with one attached hydrogen (secondary N) is 1. The van der Waals surface area contributed by atoms with Crippen LogP contribution in [0.25, 0.3) is 16.5 Å². The van der Waals surface area contributed by atoms with Gasteiger partial charge in [-0.1, -0.05) is 42.5 Å². The Hall–Kier alpha value is -3.49. The smallest absolute Gasteiger partial charge is 0.243 e. The van der Waals surface area contributed by atoms with Crippen molar-refractivity contribution < 1.29 is 13.2 Å². The van der Waals surface area contributed by atoms with Crippen LogP contribution in [0.4, 0.5) is 5.69 Å². The third-order valence-corrected chi connectivity index (χ3v) is 8.48. The Kier molecular flexibility index (Phi) is 6.17. The number of fused-ring (bicyclic) bond motifs is 1. The third-order valence-electron chi connectivity index (χ3n) is 6.58. The fourth-order valence-corrected chi connectivity index (χ4v) is 6.21. The number of aryl methyl sites for hydroxylation is 2. The van der Waals surface area contributed by atoms with Crippen LogP contribution in [0.3, 0.4) is 0 Å². The van der Waals surface area contributed by atoms with Crippen LogP contribution < -0.4 is 5.32 Å². The van der Waals surface area contributed by atoms with Crippen molar-refractivity contribution in [1.82, 2.24) is 14.1 Å². The van der Waals surface area contributed by atoms with E-state index in [1.165, 1.54) is 4.31 Å². The van der Waals surface area contributed by atoms with E-state index in [2.05, 4.69) is 10.4 Å². The maximum absolute atomic E-state index is 13.2. The van der Waals surface area contributed by atoms with E-state index in [0.29, 0.717) is 31.6 Å². The molecule has 0 atom stereocenters. The summed E-state index contributed by atoms with van der Waals surface area (Å²) in [5, 5.41) is 9.49. The fraction of sp³-hybridized carbons (Fsp3) is 0.259. The van der Waals surface area contributed by atoms with Crippen molar-refractivity contribution in [1.29, 1.82) is 0 Å². The molecule has 8 heteroatoms. The van der Waals surface area contributed by atoms with Crippen molar-refractivity contribution >= 4 is 32.4 Å². The van der Waals surface area contributed by atoms with E-state index < -0.39 is 10.0 Å². The highest BCUT2D eigenvalue weighted by molar-refractivity contribution is 7.89. The van der Waals surface area contributed by atoms with Crippen LogP contribution in [-0.4, -0.2) is 41.5 Å². The van der Waals surface area contributed by atoms with Crippen molar-refractivity contribution in [2.75, 3.05) is 18.4 Å². The molecule has 3 aromatic carbocycles. The number of para-hydroxylation sites is 2. The van der Waals surface area contributed by atoms with Crippen LogP contribution in [0, 0.1) is 19.8 Å². The minimum atomic E-state index is -3.62. The van der Waals surface area contributed by atoms with E-state index in [9.17, 15) is 13.2 Å². The summed E-state index contributed by atoms with van der Waals surface area (Å²) >= 11 is 0. The van der Waals surface area contributed by atoms with Crippen LogP contribution in [0.5, 0.6) is 0 Å². The minimum Gasteiger partial charge on any atom is -0.324 e. The molecule has 180 valence electrons. The second kappa shape index (κ2) is 9.28. The lowest BCUT2D eigenvalue weighted by atomic mass is 9.97. The van der Waals surface area contributed by atoms with Crippen LogP contribution in [0.2, 0.25) is 0 Å². The van der Waals surface area contributed by atoms with Gasteiger partial charge >= 0.3 is 0 Å². The summed E-state index contributed by atoms with van der Waals surface area (Å²) in [6.45, 7) is 4.54. The Balaban J connectivity index is 1.28. The highest BCUT2D eigenvalue weighted by atomic mass is 32.2. The van der Waals surface area contributed by atoms with Crippen molar-refractivity contribution in [2.45, 2.75) is 31.6 Å². The largest absolute Gasteiger partial charge is 0.324 e. The molecule has 1 saturated heterocycles. The molecule has 1 fully saturated rings. The molecule has 0 bridgehead atoms. The summed E-state index contributed by atoms with van der Waals surface area (Å²) in [6, 6.07) is 22.5. The first-order valence-electron chi connectivity index (χ1n) is 11.8. The van der Waals surface area contributed by atoms with Gasteiger partial charge in [-0.05, 0) is 67.8 Å². The standard InChI is InChI=1S/C27H28N4O3S/c1-19-17-20(2)31(29-19)26-10-6-5-9-25(26)28-27(32)22-13-15-30(16-14-22)35(33,34)24-12-11-21-7-3-4-8-23(21)18-24/h3-12,17-18,22H,13-16H2,1-2H3,(H,28,32). The van der Waals surface area contributed by atoms with Crippen LogP contribution in [0.15, 0.2) is 77.7 Å². The molecule has 4 aromatic rings. The van der Waals surface area contributed by atoms with Gasteiger partial charge in [0, 0.05) is 24.7 Å². The van der Waals surface area contributed by atoms with Gasteiger partial charge in [0.15, 0.2) is 0 Å². The second-order valence-electron chi connectivity index (χ2n) is 9.03. The molecule has 1 aliphatic rings. The highest BCUT2D eigenvalue weighted by Crippen LogP contribution is 2.28. The van der Waals surface area contributed by atoms with E-state index in [-0.39, 0.29) is 16.7 Å². The van der Waals surface area contributed by atoms with Crippen LogP contribution >= 0.6 is 0 Å². The van der Waals surface area contributed by atoms with Gasteiger partial charge in [-0.25, -0.2) is 13.1 Å². The van der Waals surface area contributed by atoms with E-state index in [0.717, 1.165) is 27.8 Å². The maximum atomic E-state index is 13.2. The number of hydrogen-bond acceptors (Lipinski definition) is 4. The monoisotopic (exact) mass is 488 g/mol. The molecule has 0 aliphatic carbocycles. The zero-order chi connectivity index (χ0) is 24.6. The molecular formula is C27H28N4O3S. The first-order chi connectivity index (χ1) is 16.8. The van der Waals surface area contributed by atoms with Gasteiger partial charge in [-0.15, -0.1) is 0 Å². The van der Waals surface area contributed by atoms with Gasteiger partial charge in [0.1, 0.15) is 0 Å². The molecule has 7 nitrogen and oxygen atoms in total. The van der Waals surface area contributed by atoms with E-state index >= 15 is 0 Å². The van der Waals surface area contributed by atoms with Crippen molar-refractivity contribution in [3.63, 3.8) is 0 Å². The summed E-state index contributed by atoms with van der Waals surface area (Å²) in [5.41, 5.74) is 3.39. The predicted octanol–water partition coefficient (Wildman–Crippen LogP) is 4.68. The number of nitrogens with zero attached hydrogens (tertiary/aromatic N) is 3. The lowest BCUT2D eigenvalue weighted by molar-refractivity contribution is -0.120. The molecule has 0 saturated carbocycles.